The Bertz CT molecular complexity index is 751. The molecule has 7 heteroatoms. The number of ether oxygens (including phenoxy) is 2. The first-order chi connectivity index (χ1) is 12.4. The highest BCUT2D eigenvalue weighted by molar-refractivity contribution is 6.00. The van der Waals surface area contributed by atoms with E-state index in [1.807, 2.05) is 12.1 Å². The summed E-state index contributed by atoms with van der Waals surface area (Å²) in [4.78, 5) is 25.4. The number of nitrogens with one attached hydrogen (secondary N) is 2. The Morgan fingerprint density at radius 1 is 0.885 bits per heavy atom. The summed E-state index contributed by atoms with van der Waals surface area (Å²) in [5.41, 5.74) is 2.05. The molecule has 3 amide bonds. The number of hydrogen-bond donors (Lipinski definition) is 2. The maximum Gasteiger partial charge on any atom is 0.323 e. The van der Waals surface area contributed by atoms with Crippen molar-refractivity contribution in [1.82, 2.24) is 4.90 Å². The molecule has 0 saturated carbocycles. The van der Waals surface area contributed by atoms with Crippen LogP contribution in [0.25, 0.3) is 0 Å². The fraction of sp³-hybridized carbons (Fsp3) is 0.263. The standard InChI is InChI=1S/C19H23N3O4/c1-22(2)18(23)9-13-5-7-14(8-6-13)20-19(24)21-15-10-16(25-3)12-17(11-15)26-4/h5-8,10-12H,9H2,1-4H3,(H2,20,21,24). The number of anilines is 2. The molecule has 2 aromatic carbocycles. The monoisotopic (exact) mass is 357 g/mol. The van der Waals surface area contributed by atoms with Crippen LogP contribution in [-0.2, 0) is 11.2 Å². The fourth-order valence-electron chi connectivity index (χ4n) is 2.21. The molecule has 0 aliphatic heterocycles. The van der Waals surface area contributed by atoms with Crippen LogP contribution in [-0.4, -0.2) is 45.2 Å². The summed E-state index contributed by atoms with van der Waals surface area (Å²) in [6, 6.07) is 11.8. The molecule has 0 aromatic heterocycles. The molecule has 0 radical (unpaired) electrons. The molecule has 7 nitrogen and oxygen atoms in total. The predicted molar refractivity (Wildman–Crippen MR) is 101 cm³/mol. The van der Waals surface area contributed by atoms with E-state index in [-0.39, 0.29) is 5.91 Å². The second-order valence-electron chi connectivity index (χ2n) is 5.84. The Morgan fingerprint density at radius 2 is 1.42 bits per heavy atom. The predicted octanol–water partition coefficient (Wildman–Crippen LogP) is 2.98. The topological polar surface area (TPSA) is 79.9 Å². The maximum absolute atomic E-state index is 12.2. The number of carbonyl (C=O) groups excluding carboxylic acids is 2. The molecular weight excluding hydrogens is 334 g/mol. The van der Waals surface area contributed by atoms with Gasteiger partial charge in [0.2, 0.25) is 5.91 Å². The van der Waals surface area contributed by atoms with Crippen molar-refractivity contribution in [1.29, 1.82) is 0 Å². The smallest absolute Gasteiger partial charge is 0.323 e. The Balaban J connectivity index is 1.98. The molecule has 0 heterocycles. The van der Waals surface area contributed by atoms with Crippen molar-refractivity contribution in [3.8, 4) is 11.5 Å². The average Bonchev–Trinajstić information content (AvgIpc) is 2.62. The van der Waals surface area contributed by atoms with Crippen molar-refractivity contribution in [3.63, 3.8) is 0 Å². The van der Waals surface area contributed by atoms with Crippen molar-refractivity contribution in [3.05, 3.63) is 48.0 Å². The van der Waals surface area contributed by atoms with E-state index in [1.54, 1.807) is 63.5 Å². The first-order valence-corrected chi connectivity index (χ1v) is 8.01. The van der Waals surface area contributed by atoms with Crippen molar-refractivity contribution in [2.45, 2.75) is 6.42 Å². The van der Waals surface area contributed by atoms with E-state index >= 15 is 0 Å². The van der Waals surface area contributed by atoms with Gasteiger partial charge in [-0.3, -0.25) is 4.79 Å². The molecule has 0 unspecified atom stereocenters. The van der Waals surface area contributed by atoms with Crippen LogP contribution in [0.2, 0.25) is 0 Å². The number of nitrogens with zero attached hydrogens (tertiary/aromatic N) is 1. The van der Waals surface area contributed by atoms with E-state index in [1.165, 1.54) is 0 Å². The SMILES string of the molecule is COc1cc(NC(=O)Nc2ccc(CC(=O)N(C)C)cc2)cc(OC)c1. The van der Waals surface area contributed by atoms with Crippen LogP contribution in [0.4, 0.5) is 16.2 Å². The molecular formula is C19H23N3O4. The minimum Gasteiger partial charge on any atom is -0.497 e. The Hall–Kier alpha value is -3.22. The lowest BCUT2D eigenvalue weighted by atomic mass is 10.1. The zero-order chi connectivity index (χ0) is 19.1. The first kappa shape index (κ1) is 19.1. The van der Waals surface area contributed by atoms with Gasteiger partial charge in [0.25, 0.3) is 0 Å². The Morgan fingerprint density at radius 3 is 1.92 bits per heavy atom. The van der Waals surface area contributed by atoms with Gasteiger partial charge in [-0.2, -0.15) is 0 Å². The van der Waals surface area contributed by atoms with Crippen LogP contribution in [0.5, 0.6) is 11.5 Å². The van der Waals surface area contributed by atoms with Gasteiger partial charge in [0.1, 0.15) is 11.5 Å². The molecule has 0 bridgehead atoms. The van der Waals surface area contributed by atoms with Crippen molar-refractivity contribution in [2.24, 2.45) is 0 Å². The minimum atomic E-state index is -0.391. The van der Waals surface area contributed by atoms with Crippen LogP contribution in [0.1, 0.15) is 5.56 Å². The number of carbonyl (C=O) groups is 2. The quantitative estimate of drug-likeness (QED) is 0.833. The summed E-state index contributed by atoms with van der Waals surface area (Å²) >= 11 is 0. The summed E-state index contributed by atoms with van der Waals surface area (Å²) in [5, 5.41) is 5.47. The molecule has 0 saturated heterocycles. The van der Waals surface area contributed by atoms with E-state index in [9.17, 15) is 9.59 Å². The molecule has 2 rings (SSSR count). The van der Waals surface area contributed by atoms with Gasteiger partial charge in [0.05, 0.1) is 20.6 Å². The molecule has 2 aromatic rings. The number of hydrogen-bond acceptors (Lipinski definition) is 4. The Kier molecular flexibility index (Phi) is 6.43. The maximum atomic E-state index is 12.2. The lowest BCUT2D eigenvalue weighted by Gasteiger charge is -2.12. The van der Waals surface area contributed by atoms with Crippen molar-refractivity contribution < 1.29 is 19.1 Å². The summed E-state index contributed by atoms with van der Waals surface area (Å²) in [6.45, 7) is 0. The second-order valence-corrected chi connectivity index (χ2v) is 5.84. The highest BCUT2D eigenvalue weighted by Gasteiger charge is 2.08. The van der Waals surface area contributed by atoms with Gasteiger partial charge in [-0.1, -0.05) is 12.1 Å². The van der Waals surface area contributed by atoms with Crippen LogP contribution < -0.4 is 20.1 Å². The van der Waals surface area contributed by atoms with E-state index in [2.05, 4.69) is 10.6 Å². The van der Waals surface area contributed by atoms with Gasteiger partial charge in [-0.25, -0.2) is 4.79 Å². The zero-order valence-corrected chi connectivity index (χ0v) is 15.3. The molecule has 0 fully saturated rings. The molecule has 0 aliphatic rings. The lowest BCUT2D eigenvalue weighted by Crippen LogP contribution is -2.23. The third-order valence-electron chi connectivity index (χ3n) is 3.68. The fourth-order valence-corrected chi connectivity index (χ4v) is 2.21. The summed E-state index contributed by atoms with van der Waals surface area (Å²) in [6.07, 6.45) is 0.323. The minimum absolute atomic E-state index is 0.0235. The van der Waals surface area contributed by atoms with Crippen LogP contribution >= 0.6 is 0 Å². The first-order valence-electron chi connectivity index (χ1n) is 8.01. The molecule has 0 spiro atoms. The van der Waals surface area contributed by atoms with Gasteiger partial charge in [0, 0.05) is 43.7 Å². The van der Waals surface area contributed by atoms with Crippen LogP contribution in [0, 0.1) is 0 Å². The largest absolute Gasteiger partial charge is 0.497 e. The van der Waals surface area contributed by atoms with Gasteiger partial charge in [0.15, 0.2) is 0 Å². The van der Waals surface area contributed by atoms with E-state index < -0.39 is 6.03 Å². The number of likely N-dealkylation sites (N-methyl/N-ethyl adjacent to an activating group) is 1. The van der Waals surface area contributed by atoms with E-state index in [4.69, 9.17) is 9.47 Å². The van der Waals surface area contributed by atoms with E-state index in [0.29, 0.717) is 29.3 Å². The average molecular weight is 357 g/mol. The summed E-state index contributed by atoms with van der Waals surface area (Å²) in [7, 11) is 6.52. The number of rotatable bonds is 6. The molecule has 0 aliphatic carbocycles. The normalized spacial score (nSPS) is 10.0. The third kappa shape index (κ3) is 5.41. The van der Waals surface area contributed by atoms with Crippen molar-refractivity contribution in [2.75, 3.05) is 38.9 Å². The number of methoxy groups -OCH3 is 2. The van der Waals surface area contributed by atoms with Gasteiger partial charge < -0.3 is 25.0 Å². The highest BCUT2D eigenvalue weighted by Crippen LogP contribution is 2.25. The van der Waals surface area contributed by atoms with Crippen molar-refractivity contribution >= 4 is 23.3 Å². The van der Waals surface area contributed by atoms with Crippen LogP contribution in [0.15, 0.2) is 42.5 Å². The van der Waals surface area contributed by atoms with Gasteiger partial charge in [-0.15, -0.1) is 0 Å². The number of urea groups is 1. The summed E-state index contributed by atoms with van der Waals surface area (Å²) in [5.74, 6) is 1.18. The lowest BCUT2D eigenvalue weighted by molar-refractivity contribution is -0.127. The van der Waals surface area contributed by atoms with Gasteiger partial charge >= 0.3 is 6.03 Å². The molecule has 0 atom stereocenters. The van der Waals surface area contributed by atoms with Gasteiger partial charge in [-0.05, 0) is 17.7 Å². The number of amides is 3. The summed E-state index contributed by atoms with van der Waals surface area (Å²) < 4.78 is 10.4. The second kappa shape index (κ2) is 8.75. The third-order valence-corrected chi connectivity index (χ3v) is 3.68. The molecule has 2 N–H and O–H groups in total. The number of benzene rings is 2. The zero-order valence-electron chi connectivity index (χ0n) is 15.3. The van der Waals surface area contributed by atoms with Crippen LogP contribution in [0.3, 0.4) is 0 Å². The molecule has 26 heavy (non-hydrogen) atoms. The molecule has 138 valence electrons. The van der Waals surface area contributed by atoms with E-state index in [0.717, 1.165) is 5.56 Å². The highest BCUT2D eigenvalue weighted by atomic mass is 16.5. The Labute approximate surface area is 152 Å².